The average Bonchev–Trinajstić information content (AvgIpc) is 3.09. The minimum absolute atomic E-state index is 0.596. The second kappa shape index (κ2) is 5.31. The van der Waals surface area contributed by atoms with Crippen LogP contribution < -0.4 is 5.32 Å². The van der Waals surface area contributed by atoms with E-state index >= 15 is 0 Å². The van der Waals surface area contributed by atoms with Crippen LogP contribution in [0.5, 0.6) is 0 Å². The van der Waals surface area contributed by atoms with E-state index in [-0.39, 0.29) is 0 Å². The molecule has 0 aliphatic heterocycles. The predicted molar refractivity (Wildman–Crippen MR) is 68.8 cm³/mol. The second-order valence-corrected chi connectivity index (χ2v) is 4.73. The van der Waals surface area contributed by atoms with Crippen LogP contribution in [0.3, 0.4) is 0 Å². The Bertz CT molecular complexity index is 489. The smallest absolute Gasteiger partial charge is 0.247 e. The van der Waals surface area contributed by atoms with Gasteiger partial charge in [-0.2, -0.15) is 0 Å². The Morgan fingerprint density at radius 1 is 1.11 bits per heavy atom. The SMILES string of the molecule is c1ccc(-c2nnc(CNC3CCCC3)o2)cc1. The molecule has 1 fully saturated rings. The molecule has 18 heavy (non-hydrogen) atoms. The molecule has 4 nitrogen and oxygen atoms in total. The van der Waals surface area contributed by atoms with Crippen molar-refractivity contribution in [1.82, 2.24) is 15.5 Å². The van der Waals surface area contributed by atoms with Crippen molar-refractivity contribution in [2.24, 2.45) is 0 Å². The van der Waals surface area contributed by atoms with Gasteiger partial charge in [-0.1, -0.05) is 31.0 Å². The van der Waals surface area contributed by atoms with Crippen molar-refractivity contribution >= 4 is 0 Å². The Kier molecular flexibility index (Phi) is 3.37. The van der Waals surface area contributed by atoms with Crippen molar-refractivity contribution in [1.29, 1.82) is 0 Å². The summed E-state index contributed by atoms with van der Waals surface area (Å²) in [7, 11) is 0. The van der Waals surface area contributed by atoms with E-state index in [2.05, 4.69) is 15.5 Å². The molecule has 1 saturated carbocycles. The van der Waals surface area contributed by atoms with E-state index in [4.69, 9.17) is 4.42 Å². The van der Waals surface area contributed by atoms with Crippen LogP contribution >= 0.6 is 0 Å². The van der Waals surface area contributed by atoms with Crippen LogP contribution in [-0.2, 0) is 6.54 Å². The van der Waals surface area contributed by atoms with Gasteiger partial charge in [0, 0.05) is 11.6 Å². The molecule has 1 aliphatic rings. The highest BCUT2D eigenvalue weighted by Crippen LogP contribution is 2.19. The summed E-state index contributed by atoms with van der Waals surface area (Å²) in [6, 6.07) is 10.5. The maximum Gasteiger partial charge on any atom is 0.247 e. The summed E-state index contributed by atoms with van der Waals surface area (Å²) < 4.78 is 5.64. The van der Waals surface area contributed by atoms with Gasteiger partial charge in [-0.15, -0.1) is 10.2 Å². The van der Waals surface area contributed by atoms with E-state index in [1.54, 1.807) is 0 Å². The molecule has 1 aliphatic carbocycles. The highest BCUT2D eigenvalue weighted by molar-refractivity contribution is 5.51. The molecular weight excluding hydrogens is 226 g/mol. The fourth-order valence-electron chi connectivity index (χ4n) is 2.38. The zero-order valence-electron chi connectivity index (χ0n) is 10.3. The standard InChI is InChI=1S/C14H17N3O/c1-2-6-11(7-3-1)14-17-16-13(18-14)10-15-12-8-4-5-9-12/h1-3,6-7,12,15H,4-5,8-10H2. The Morgan fingerprint density at radius 2 is 1.89 bits per heavy atom. The molecule has 2 aromatic rings. The lowest BCUT2D eigenvalue weighted by Crippen LogP contribution is -2.25. The maximum absolute atomic E-state index is 5.64. The normalized spacial score (nSPS) is 16.2. The number of aromatic nitrogens is 2. The Hall–Kier alpha value is -1.68. The molecule has 94 valence electrons. The number of rotatable bonds is 4. The first kappa shape index (κ1) is 11.4. The predicted octanol–water partition coefficient (Wildman–Crippen LogP) is 2.77. The first-order valence-electron chi connectivity index (χ1n) is 6.53. The number of hydrogen-bond donors (Lipinski definition) is 1. The zero-order valence-corrected chi connectivity index (χ0v) is 10.3. The van der Waals surface area contributed by atoms with Crippen molar-refractivity contribution in [3.8, 4) is 11.5 Å². The van der Waals surface area contributed by atoms with Gasteiger partial charge >= 0.3 is 0 Å². The third kappa shape index (κ3) is 2.59. The summed E-state index contributed by atoms with van der Waals surface area (Å²) in [5.41, 5.74) is 0.970. The highest BCUT2D eigenvalue weighted by atomic mass is 16.4. The van der Waals surface area contributed by atoms with Crippen LogP contribution in [0.15, 0.2) is 34.7 Å². The van der Waals surface area contributed by atoms with E-state index in [1.807, 2.05) is 30.3 Å². The van der Waals surface area contributed by atoms with E-state index in [9.17, 15) is 0 Å². The van der Waals surface area contributed by atoms with Crippen molar-refractivity contribution in [2.75, 3.05) is 0 Å². The third-order valence-electron chi connectivity index (χ3n) is 3.38. The van der Waals surface area contributed by atoms with Gasteiger partial charge in [0.05, 0.1) is 6.54 Å². The van der Waals surface area contributed by atoms with Crippen molar-refractivity contribution < 1.29 is 4.42 Å². The van der Waals surface area contributed by atoms with Crippen molar-refractivity contribution in [2.45, 2.75) is 38.3 Å². The van der Waals surface area contributed by atoms with Gasteiger partial charge in [-0.05, 0) is 25.0 Å². The van der Waals surface area contributed by atoms with Crippen LogP contribution in [0, 0.1) is 0 Å². The minimum Gasteiger partial charge on any atom is -0.419 e. The fourth-order valence-corrected chi connectivity index (χ4v) is 2.38. The van der Waals surface area contributed by atoms with E-state index in [1.165, 1.54) is 25.7 Å². The number of benzene rings is 1. The molecule has 0 atom stereocenters. The molecule has 0 bridgehead atoms. The summed E-state index contributed by atoms with van der Waals surface area (Å²) in [5, 5.41) is 11.6. The lowest BCUT2D eigenvalue weighted by molar-refractivity contribution is 0.440. The van der Waals surface area contributed by atoms with Crippen molar-refractivity contribution in [3.63, 3.8) is 0 Å². The quantitative estimate of drug-likeness (QED) is 0.897. The minimum atomic E-state index is 0.596. The summed E-state index contributed by atoms with van der Waals surface area (Å²) in [6.07, 6.45) is 5.19. The van der Waals surface area contributed by atoms with Crippen LogP contribution in [0.1, 0.15) is 31.6 Å². The van der Waals surface area contributed by atoms with E-state index in [0.717, 1.165) is 5.56 Å². The topological polar surface area (TPSA) is 51.0 Å². The fraction of sp³-hybridized carbons (Fsp3) is 0.429. The maximum atomic E-state index is 5.64. The molecule has 1 aromatic heterocycles. The molecule has 4 heteroatoms. The summed E-state index contributed by atoms with van der Waals surface area (Å²) in [6.45, 7) is 0.671. The van der Waals surface area contributed by atoms with Crippen LogP contribution in [-0.4, -0.2) is 16.2 Å². The Labute approximate surface area is 106 Å². The summed E-state index contributed by atoms with van der Waals surface area (Å²) in [4.78, 5) is 0. The van der Waals surface area contributed by atoms with E-state index in [0.29, 0.717) is 24.4 Å². The Morgan fingerprint density at radius 3 is 2.67 bits per heavy atom. The zero-order chi connectivity index (χ0) is 12.2. The largest absolute Gasteiger partial charge is 0.419 e. The van der Waals surface area contributed by atoms with Crippen molar-refractivity contribution in [3.05, 3.63) is 36.2 Å². The lowest BCUT2D eigenvalue weighted by atomic mass is 10.2. The van der Waals surface area contributed by atoms with Gasteiger partial charge in [0.15, 0.2) is 0 Å². The summed E-state index contributed by atoms with van der Waals surface area (Å²) >= 11 is 0. The second-order valence-electron chi connectivity index (χ2n) is 4.73. The first-order valence-corrected chi connectivity index (χ1v) is 6.53. The number of nitrogens with zero attached hydrogens (tertiary/aromatic N) is 2. The molecule has 0 spiro atoms. The molecule has 3 rings (SSSR count). The van der Waals surface area contributed by atoms with Gasteiger partial charge in [-0.25, -0.2) is 0 Å². The molecule has 0 saturated heterocycles. The number of nitrogens with one attached hydrogen (secondary N) is 1. The average molecular weight is 243 g/mol. The summed E-state index contributed by atoms with van der Waals surface area (Å²) in [5.74, 6) is 1.26. The molecule has 1 heterocycles. The monoisotopic (exact) mass is 243 g/mol. The van der Waals surface area contributed by atoms with Gasteiger partial charge in [0.2, 0.25) is 11.8 Å². The first-order chi connectivity index (χ1) is 8.92. The third-order valence-corrected chi connectivity index (χ3v) is 3.38. The van der Waals surface area contributed by atoms with Crippen LogP contribution in [0.4, 0.5) is 0 Å². The molecule has 1 N–H and O–H groups in total. The van der Waals surface area contributed by atoms with Crippen LogP contribution in [0.2, 0.25) is 0 Å². The number of hydrogen-bond acceptors (Lipinski definition) is 4. The molecule has 0 radical (unpaired) electrons. The van der Waals surface area contributed by atoms with Gasteiger partial charge in [0.25, 0.3) is 0 Å². The molecule has 1 aromatic carbocycles. The van der Waals surface area contributed by atoms with E-state index < -0.39 is 0 Å². The molecule has 0 unspecified atom stereocenters. The lowest BCUT2D eigenvalue weighted by Gasteiger charge is -2.08. The molecular formula is C14H17N3O. The molecule has 0 amide bonds. The highest BCUT2D eigenvalue weighted by Gasteiger charge is 2.15. The van der Waals surface area contributed by atoms with Gasteiger partial charge in [-0.3, -0.25) is 0 Å². The van der Waals surface area contributed by atoms with Gasteiger partial charge in [0.1, 0.15) is 0 Å². The van der Waals surface area contributed by atoms with Gasteiger partial charge < -0.3 is 9.73 Å². The Balaban J connectivity index is 1.63. The van der Waals surface area contributed by atoms with Crippen LogP contribution in [0.25, 0.3) is 11.5 Å².